The van der Waals surface area contributed by atoms with Gasteiger partial charge in [-0.25, -0.2) is 9.98 Å². The Hall–Kier alpha value is -6.75. The SMILES string of the molecule is CCC1=C(c2cccc(-c3ccc(C4=CCC5C(=C4c4ccccc4)Sc4ccccc45)c4oc5ccccc5c34)c2)N=C(c2ccccc2)N=C(c2ccccc2)C1. The van der Waals surface area contributed by atoms with E-state index >= 15 is 0 Å². The quantitative estimate of drug-likeness (QED) is 0.162. The zero-order valence-corrected chi connectivity index (χ0v) is 33.5. The smallest absolute Gasteiger partial charge is 0.160 e. The Bertz CT molecular complexity index is 3090. The molecule has 0 bridgehead atoms. The highest BCUT2D eigenvalue weighted by Crippen LogP contribution is 2.58. The van der Waals surface area contributed by atoms with Crippen LogP contribution in [0.3, 0.4) is 0 Å². The van der Waals surface area contributed by atoms with Crippen LogP contribution in [-0.4, -0.2) is 11.5 Å². The molecule has 2 aliphatic heterocycles. The summed E-state index contributed by atoms with van der Waals surface area (Å²) < 4.78 is 6.95. The number of hydrogen-bond acceptors (Lipinski definition) is 4. The Morgan fingerprint density at radius 2 is 1.27 bits per heavy atom. The van der Waals surface area contributed by atoms with Crippen molar-refractivity contribution >= 4 is 62.1 Å². The molecule has 4 heteroatoms. The number of benzene rings is 7. The van der Waals surface area contributed by atoms with E-state index in [4.69, 9.17) is 14.4 Å². The van der Waals surface area contributed by atoms with E-state index < -0.39 is 0 Å². The van der Waals surface area contributed by atoms with Crippen molar-refractivity contribution in [1.29, 1.82) is 0 Å². The van der Waals surface area contributed by atoms with E-state index in [0.29, 0.717) is 5.92 Å². The van der Waals surface area contributed by atoms with Gasteiger partial charge in [0, 0.05) is 49.6 Å². The van der Waals surface area contributed by atoms with Gasteiger partial charge in [0.2, 0.25) is 0 Å². The molecule has 59 heavy (non-hydrogen) atoms. The number of para-hydroxylation sites is 1. The van der Waals surface area contributed by atoms with Crippen LogP contribution < -0.4 is 0 Å². The minimum absolute atomic E-state index is 0.355. The molecule has 1 aromatic heterocycles. The summed E-state index contributed by atoms with van der Waals surface area (Å²) in [6.45, 7) is 2.23. The Labute approximate surface area is 348 Å². The summed E-state index contributed by atoms with van der Waals surface area (Å²) in [4.78, 5) is 13.4. The van der Waals surface area contributed by atoms with Gasteiger partial charge in [-0.05, 0) is 81.6 Å². The van der Waals surface area contributed by atoms with Gasteiger partial charge in [0.25, 0.3) is 0 Å². The number of furan rings is 1. The fourth-order valence-corrected chi connectivity index (χ4v) is 10.5. The molecule has 0 amide bonds. The zero-order valence-electron chi connectivity index (χ0n) is 32.7. The van der Waals surface area contributed by atoms with Crippen molar-refractivity contribution < 1.29 is 4.42 Å². The van der Waals surface area contributed by atoms with E-state index in [0.717, 1.165) is 91.8 Å². The average molecular weight is 777 g/mol. The molecule has 11 rings (SSSR count). The summed E-state index contributed by atoms with van der Waals surface area (Å²) in [6, 6.07) is 62.7. The molecule has 7 aromatic carbocycles. The molecule has 0 spiro atoms. The van der Waals surface area contributed by atoms with Crippen molar-refractivity contribution in [3.05, 3.63) is 226 Å². The van der Waals surface area contributed by atoms with Gasteiger partial charge in [0.05, 0.1) is 11.4 Å². The number of hydrogen-bond donors (Lipinski definition) is 0. The van der Waals surface area contributed by atoms with Crippen LogP contribution >= 0.6 is 11.8 Å². The summed E-state index contributed by atoms with van der Waals surface area (Å²) in [6.07, 6.45) is 5.00. The largest absolute Gasteiger partial charge is 0.455 e. The van der Waals surface area contributed by atoms with E-state index in [1.54, 1.807) is 0 Å². The van der Waals surface area contributed by atoms with Crippen LogP contribution in [0.25, 0.3) is 49.9 Å². The number of thioether (sulfide) groups is 1. The van der Waals surface area contributed by atoms with Crippen molar-refractivity contribution in [2.75, 3.05) is 0 Å². The lowest BCUT2D eigenvalue weighted by molar-refractivity contribution is 0.668. The molecule has 1 unspecified atom stereocenters. The molecule has 0 N–H and O–H groups in total. The molecule has 3 aliphatic rings. The minimum Gasteiger partial charge on any atom is -0.455 e. The van der Waals surface area contributed by atoms with Crippen LogP contribution in [0, 0.1) is 0 Å². The molecule has 0 fully saturated rings. The van der Waals surface area contributed by atoms with Gasteiger partial charge in [-0.2, -0.15) is 0 Å². The van der Waals surface area contributed by atoms with Crippen LogP contribution in [0.1, 0.15) is 65.5 Å². The Morgan fingerprint density at radius 1 is 0.610 bits per heavy atom. The third-order valence-corrected chi connectivity index (χ3v) is 13.3. The molecule has 3 heterocycles. The average Bonchev–Trinajstić information content (AvgIpc) is 3.82. The van der Waals surface area contributed by atoms with E-state index in [1.165, 1.54) is 37.6 Å². The Morgan fingerprint density at radius 3 is 2.07 bits per heavy atom. The lowest BCUT2D eigenvalue weighted by Crippen LogP contribution is -2.06. The molecular weight excluding hydrogens is 737 g/mol. The fraction of sp³-hybridized carbons (Fsp3) is 0.0909. The minimum atomic E-state index is 0.355. The Kier molecular flexibility index (Phi) is 8.93. The maximum Gasteiger partial charge on any atom is 0.160 e. The first-order valence-corrected chi connectivity index (χ1v) is 21.3. The molecular formula is C55H40N2OS. The van der Waals surface area contributed by atoms with Crippen LogP contribution in [0.4, 0.5) is 0 Å². The van der Waals surface area contributed by atoms with Gasteiger partial charge in [0.15, 0.2) is 5.84 Å². The van der Waals surface area contributed by atoms with Gasteiger partial charge in [-0.3, -0.25) is 0 Å². The standard InChI is InChI=1S/C55H40N2OS/c1-2-35-34-47(36-17-6-3-7-18-36)56-55(38-21-10-5-11-22-38)57-52(35)40-24-16-23-39(33-40)41-29-31-44(53-51(41)46-26-12-14-27-48(46)58-53)43-30-32-45-42-25-13-15-28-49(42)59-54(45)50(43)37-19-8-4-9-20-37/h3-31,33,45H,2,32,34H2,1H3. The molecule has 3 nitrogen and oxygen atoms in total. The first kappa shape index (κ1) is 35.4. The number of aliphatic imine (C=N–C) groups is 2. The second kappa shape index (κ2) is 14.9. The number of fused-ring (bicyclic) bond motifs is 6. The molecule has 1 aliphatic carbocycles. The van der Waals surface area contributed by atoms with Gasteiger partial charge >= 0.3 is 0 Å². The molecule has 8 aromatic rings. The summed E-state index contributed by atoms with van der Waals surface area (Å²) in [7, 11) is 0. The maximum absolute atomic E-state index is 6.95. The van der Waals surface area contributed by atoms with Crippen molar-refractivity contribution in [2.45, 2.75) is 37.0 Å². The summed E-state index contributed by atoms with van der Waals surface area (Å²) >= 11 is 1.93. The number of amidine groups is 1. The van der Waals surface area contributed by atoms with E-state index in [2.05, 4.69) is 183 Å². The third kappa shape index (κ3) is 6.23. The van der Waals surface area contributed by atoms with Crippen LogP contribution in [0.15, 0.2) is 212 Å². The highest BCUT2D eigenvalue weighted by molar-refractivity contribution is 8.03. The number of rotatable bonds is 7. The second-order valence-electron chi connectivity index (χ2n) is 15.4. The molecule has 282 valence electrons. The highest BCUT2D eigenvalue weighted by atomic mass is 32.2. The maximum atomic E-state index is 6.95. The fourth-order valence-electron chi connectivity index (χ4n) is 9.12. The number of allylic oxidation sites excluding steroid dienone is 5. The zero-order chi connectivity index (χ0) is 39.3. The first-order chi connectivity index (χ1) is 29.2. The van der Waals surface area contributed by atoms with E-state index in [9.17, 15) is 0 Å². The van der Waals surface area contributed by atoms with E-state index in [-0.39, 0.29) is 0 Å². The third-order valence-electron chi connectivity index (χ3n) is 12.0. The topological polar surface area (TPSA) is 37.9 Å². The second-order valence-corrected chi connectivity index (χ2v) is 16.5. The Balaban J connectivity index is 1.07. The van der Waals surface area contributed by atoms with Crippen molar-refractivity contribution in [1.82, 2.24) is 0 Å². The normalized spacial score (nSPS) is 16.4. The number of nitrogens with zero attached hydrogens (tertiary/aromatic N) is 2. The van der Waals surface area contributed by atoms with Gasteiger partial charge in [-0.15, -0.1) is 0 Å². The van der Waals surface area contributed by atoms with Crippen LogP contribution in [-0.2, 0) is 0 Å². The first-order valence-electron chi connectivity index (χ1n) is 20.5. The predicted molar refractivity (Wildman–Crippen MR) is 248 cm³/mol. The summed E-state index contributed by atoms with van der Waals surface area (Å²) in [5.74, 6) is 1.09. The summed E-state index contributed by atoms with van der Waals surface area (Å²) in [5, 5.41) is 2.25. The van der Waals surface area contributed by atoms with E-state index in [1.807, 2.05) is 17.8 Å². The monoisotopic (exact) mass is 776 g/mol. The van der Waals surface area contributed by atoms with Crippen molar-refractivity contribution in [2.24, 2.45) is 9.98 Å². The van der Waals surface area contributed by atoms with Crippen LogP contribution in [0.5, 0.6) is 0 Å². The van der Waals surface area contributed by atoms with Gasteiger partial charge < -0.3 is 4.42 Å². The van der Waals surface area contributed by atoms with Gasteiger partial charge in [-0.1, -0.05) is 176 Å². The highest BCUT2D eigenvalue weighted by Gasteiger charge is 2.35. The van der Waals surface area contributed by atoms with Crippen molar-refractivity contribution in [3.8, 4) is 11.1 Å². The lowest BCUT2D eigenvalue weighted by atomic mass is 9.80. The summed E-state index contributed by atoms with van der Waals surface area (Å²) in [5.41, 5.74) is 16.9. The van der Waals surface area contributed by atoms with Crippen LogP contribution in [0.2, 0.25) is 0 Å². The predicted octanol–water partition coefficient (Wildman–Crippen LogP) is 14.8. The molecule has 0 radical (unpaired) electrons. The molecule has 0 saturated carbocycles. The lowest BCUT2D eigenvalue weighted by Gasteiger charge is -2.25. The van der Waals surface area contributed by atoms with Gasteiger partial charge in [0.1, 0.15) is 11.2 Å². The van der Waals surface area contributed by atoms with Crippen molar-refractivity contribution in [3.63, 3.8) is 0 Å². The molecule has 1 atom stereocenters. The molecule has 0 saturated heterocycles.